The number of rotatable bonds is 4. The van der Waals surface area contributed by atoms with Gasteiger partial charge in [-0.3, -0.25) is 10.1 Å². The highest BCUT2D eigenvalue weighted by Gasteiger charge is 2.18. The molecule has 0 unspecified atom stereocenters. The molecule has 0 fully saturated rings. The van der Waals surface area contributed by atoms with Crippen molar-refractivity contribution in [1.82, 2.24) is 9.55 Å². The van der Waals surface area contributed by atoms with Crippen molar-refractivity contribution in [3.05, 3.63) is 71.3 Å². The zero-order valence-corrected chi connectivity index (χ0v) is 13.2. The number of anilines is 1. The summed E-state index contributed by atoms with van der Waals surface area (Å²) in [5.74, 6) is -0.556. The molecule has 0 atom stereocenters. The molecular formula is C17H12FN3O2S. The quantitative estimate of drug-likeness (QED) is 0.607. The summed E-state index contributed by atoms with van der Waals surface area (Å²) in [5, 5.41) is 5.09. The van der Waals surface area contributed by atoms with Gasteiger partial charge in [0.2, 0.25) is 0 Å². The van der Waals surface area contributed by atoms with E-state index < -0.39 is 0 Å². The standard InChI is InChI=1S/C17H12FN3O2S/c18-12-3-1-11(2-4-12)10-21-13-5-7-23-15(13)9-14(21)16(22)20-17-19-6-8-24-17/h1-9H,10H2,(H,19,20,22). The van der Waals surface area contributed by atoms with E-state index in [2.05, 4.69) is 10.3 Å². The highest BCUT2D eigenvalue weighted by Crippen LogP contribution is 2.24. The summed E-state index contributed by atoms with van der Waals surface area (Å²) in [4.78, 5) is 16.6. The summed E-state index contributed by atoms with van der Waals surface area (Å²) in [6, 6.07) is 9.70. The molecule has 1 amide bonds. The van der Waals surface area contributed by atoms with Crippen LogP contribution in [-0.2, 0) is 6.54 Å². The number of amides is 1. The SMILES string of the molecule is O=C(Nc1nccs1)c1cc2occc2n1Cc1ccc(F)cc1. The molecule has 3 aromatic heterocycles. The topological polar surface area (TPSA) is 60.1 Å². The molecule has 0 aliphatic heterocycles. The Hall–Kier alpha value is -2.93. The van der Waals surface area contributed by atoms with Crippen LogP contribution in [-0.4, -0.2) is 15.5 Å². The van der Waals surface area contributed by atoms with Crippen molar-refractivity contribution in [2.24, 2.45) is 0 Å². The lowest BCUT2D eigenvalue weighted by molar-refractivity contribution is 0.101. The molecule has 1 aromatic carbocycles. The van der Waals surface area contributed by atoms with Gasteiger partial charge in [-0.15, -0.1) is 11.3 Å². The van der Waals surface area contributed by atoms with Crippen LogP contribution in [0.25, 0.3) is 11.1 Å². The molecule has 1 N–H and O–H groups in total. The van der Waals surface area contributed by atoms with Gasteiger partial charge < -0.3 is 8.98 Å². The van der Waals surface area contributed by atoms with Gasteiger partial charge in [-0.1, -0.05) is 12.1 Å². The van der Waals surface area contributed by atoms with Gasteiger partial charge in [-0.25, -0.2) is 9.37 Å². The summed E-state index contributed by atoms with van der Waals surface area (Å²) >= 11 is 1.35. The smallest absolute Gasteiger partial charge is 0.274 e. The number of benzene rings is 1. The fourth-order valence-corrected chi connectivity index (χ4v) is 3.08. The molecule has 0 spiro atoms. The lowest BCUT2D eigenvalue weighted by atomic mass is 10.2. The van der Waals surface area contributed by atoms with Gasteiger partial charge in [0.1, 0.15) is 11.5 Å². The predicted molar refractivity (Wildman–Crippen MR) is 89.8 cm³/mol. The Bertz CT molecular complexity index is 987. The summed E-state index contributed by atoms with van der Waals surface area (Å²) in [7, 11) is 0. The highest BCUT2D eigenvalue weighted by atomic mass is 32.1. The third-order valence-electron chi connectivity index (χ3n) is 3.66. The number of carbonyl (C=O) groups is 1. The maximum Gasteiger partial charge on any atom is 0.274 e. The number of aromatic nitrogens is 2. The Labute approximate surface area is 140 Å². The number of fused-ring (bicyclic) bond motifs is 1. The molecular weight excluding hydrogens is 329 g/mol. The van der Waals surface area contributed by atoms with Crippen LogP contribution in [0.1, 0.15) is 16.1 Å². The van der Waals surface area contributed by atoms with Gasteiger partial charge in [-0.05, 0) is 17.7 Å². The van der Waals surface area contributed by atoms with Crippen molar-refractivity contribution in [3.8, 4) is 0 Å². The Morgan fingerprint density at radius 1 is 1.29 bits per heavy atom. The number of thiazole rings is 1. The average Bonchev–Trinajstić information content (AvgIpc) is 3.28. The first-order valence-electron chi connectivity index (χ1n) is 7.23. The van der Waals surface area contributed by atoms with Crippen molar-refractivity contribution in [1.29, 1.82) is 0 Å². The van der Waals surface area contributed by atoms with Gasteiger partial charge in [0.25, 0.3) is 5.91 Å². The number of nitrogens with one attached hydrogen (secondary N) is 1. The molecule has 3 heterocycles. The molecule has 0 aliphatic carbocycles. The molecule has 0 bridgehead atoms. The van der Waals surface area contributed by atoms with Crippen molar-refractivity contribution >= 4 is 33.5 Å². The minimum absolute atomic E-state index is 0.265. The van der Waals surface area contributed by atoms with E-state index >= 15 is 0 Å². The van der Waals surface area contributed by atoms with Crippen molar-refractivity contribution in [2.45, 2.75) is 6.54 Å². The Morgan fingerprint density at radius 3 is 2.88 bits per heavy atom. The molecule has 4 aromatic rings. The lowest BCUT2D eigenvalue weighted by Gasteiger charge is -2.10. The third kappa shape index (κ3) is 2.69. The number of hydrogen-bond acceptors (Lipinski definition) is 4. The molecule has 5 nitrogen and oxygen atoms in total. The second-order valence-electron chi connectivity index (χ2n) is 5.20. The molecule has 0 aliphatic rings. The normalized spacial score (nSPS) is 11.0. The number of carbonyl (C=O) groups excluding carboxylic acids is 1. The van der Waals surface area contributed by atoms with Crippen molar-refractivity contribution in [3.63, 3.8) is 0 Å². The van der Waals surface area contributed by atoms with Gasteiger partial charge >= 0.3 is 0 Å². The minimum Gasteiger partial charge on any atom is -0.463 e. The average molecular weight is 341 g/mol. The van der Waals surface area contributed by atoms with Crippen molar-refractivity contribution < 1.29 is 13.6 Å². The zero-order chi connectivity index (χ0) is 16.5. The fraction of sp³-hybridized carbons (Fsp3) is 0.0588. The van der Waals surface area contributed by atoms with Gasteiger partial charge in [0.05, 0.1) is 11.8 Å². The third-order valence-corrected chi connectivity index (χ3v) is 4.35. The van der Waals surface area contributed by atoms with E-state index in [1.807, 2.05) is 4.57 Å². The van der Waals surface area contributed by atoms with E-state index in [1.54, 1.807) is 42.1 Å². The van der Waals surface area contributed by atoms with E-state index in [0.29, 0.717) is 23.0 Å². The van der Waals surface area contributed by atoms with Crippen LogP contribution >= 0.6 is 11.3 Å². The van der Waals surface area contributed by atoms with Crippen LogP contribution in [0.3, 0.4) is 0 Å². The first kappa shape index (κ1) is 14.6. The van der Waals surface area contributed by atoms with Crippen LogP contribution in [0, 0.1) is 5.82 Å². The Morgan fingerprint density at radius 2 is 2.12 bits per heavy atom. The monoisotopic (exact) mass is 341 g/mol. The fourth-order valence-electron chi connectivity index (χ4n) is 2.55. The van der Waals surface area contributed by atoms with E-state index in [4.69, 9.17) is 4.42 Å². The van der Waals surface area contributed by atoms with Crippen LogP contribution in [0.2, 0.25) is 0 Å². The van der Waals surface area contributed by atoms with Gasteiger partial charge in [0, 0.05) is 30.3 Å². The minimum atomic E-state index is -0.290. The molecule has 24 heavy (non-hydrogen) atoms. The number of furan rings is 1. The summed E-state index contributed by atoms with van der Waals surface area (Å²) < 4.78 is 20.3. The second kappa shape index (κ2) is 5.93. The zero-order valence-electron chi connectivity index (χ0n) is 12.4. The first-order valence-corrected chi connectivity index (χ1v) is 8.11. The van der Waals surface area contributed by atoms with E-state index in [0.717, 1.165) is 11.1 Å². The molecule has 0 radical (unpaired) electrons. The first-order chi connectivity index (χ1) is 11.7. The molecule has 7 heteroatoms. The van der Waals surface area contributed by atoms with Crippen molar-refractivity contribution in [2.75, 3.05) is 5.32 Å². The molecule has 120 valence electrons. The maximum absolute atomic E-state index is 13.1. The molecule has 4 rings (SSSR count). The van der Waals surface area contributed by atoms with Crippen LogP contribution in [0.5, 0.6) is 0 Å². The highest BCUT2D eigenvalue weighted by molar-refractivity contribution is 7.13. The summed E-state index contributed by atoms with van der Waals surface area (Å²) in [6.07, 6.45) is 3.21. The maximum atomic E-state index is 13.1. The number of nitrogens with zero attached hydrogens (tertiary/aromatic N) is 2. The Balaban J connectivity index is 1.71. The second-order valence-corrected chi connectivity index (χ2v) is 6.10. The van der Waals surface area contributed by atoms with E-state index in [-0.39, 0.29) is 11.7 Å². The number of hydrogen-bond donors (Lipinski definition) is 1. The van der Waals surface area contributed by atoms with Gasteiger partial charge in [0.15, 0.2) is 10.7 Å². The Kier molecular flexibility index (Phi) is 3.62. The summed E-state index contributed by atoms with van der Waals surface area (Å²) in [6.45, 7) is 0.434. The van der Waals surface area contributed by atoms with Crippen LogP contribution in [0.4, 0.5) is 9.52 Å². The summed E-state index contributed by atoms with van der Waals surface area (Å²) in [5.41, 5.74) is 2.78. The van der Waals surface area contributed by atoms with E-state index in [1.165, 1.54) is 23.5 Å². The van der Waals surface area contributed by atoms with Gasteiger partial charge in [-0.2, -0.15) is 0 Å². The van der Waals surface area contributed by atoms with Crippen LogP contribution in [0.15, 0.2) is 58.7 Å². The van der Waals surface area contributed by atoms with E-state index in [9.17, 15) is 9.18 Å². The van der Waals surface area contributed by atoms with Crippen LogP contribution < -0.4 is 5.32 Å². The molecule has 0 saturated heterocycles. The lowest BCUT2D eigenvalue weighted by Crippen LogP contribution is -2.17. The molecule has 0 saturated carbocycles. The predicted octanol–water partition coefficient (Wildman–Crippen LogP) is 4.13. The largest absolute Gasteiger partial charge is 0.463 e. The number of halogens is 1.